The van der Waals surface area contributed by atoms with Gasteiger partial charge in [0.2, 0.25) is 0 Å². The highest BCUT2D eigenvalue weighted by Crippen LogP contribution is 2.45. The van der Waals surface area contributed by atoms with Gasteiger partial charge in [-0.3, -0.25) is 0 Å². The van der Waals surface area contributed by atoms with Crippen LogP contribution in [0.1, 0.15) is 87.6 Å². The highest BCUT2D eigenvalue weighted by Gasteiger charge is 2.31. The standard InChI is InChI=1S/C38H48/c1-23(2)34-18-26(5)28(7)36(29(34)8)20-30-19-32-14-11-15-33(37(32)21-30)38-17-24(3)16-27(6)35(38)22-31-13-10-9-12-25(31)4/h11,14-19,23,25,31,34,36H,7-10,12-13,20-22H2,1-6H3/t25-,31?,34?,36?/m0/s1. The van der Waals surface area contributed by atoms with Crippen molar-refractivity contribution in [1.82, 2.24) is 0 Å². The van der Waals surface area contributed by atoms with Crippen molar-refractivity contribution < 1.29 is 0 Å². The molecule has 0 heteroatoms. The monoisotopic (exact) mass is 504 g/mol. The molecule has 3 unspecified atom stereocenters. The minimum Gasteiger partial charge on any atom is -0.0986 e. The van der Waals surface area contributed by atoms with Gasteiger partial charge in [0.1, 0.15) is 0 Å². The summed E-state index contributed by atoms with van der Waals surface area (Å²) in [6.07, 6.45) is 13.8. The first-order valence-corrected chi connectivity index (χ1v) is 15.1. The molecule has 0 bridgehead atoms. The molecule has 38 heavy (non-hydrogen) atoms. The maximum atomic E-state index is 4.60. The van der Waals surface area contributed by atoms with Crippen molar-refractivity contribution in [3.05, 3.63) is 99.7 Å². The van der Waals surface area contributed by atoms with Crippen LogP contribution in [0.4, 0.5) is 0 Å². The second-order valence-electron chi connectivity index (χ2n) is 13.2. The van der Waals surface area contributed by atoms with E-state index in [4.69, 9.17) is 0 Å². The lowest BCUT2D eigenvalue weighted by Crippen LogP contribution is -2.23. The largest absolute Gasteiger partial charge is 0.0986 e. The lowest BCUT2D eigenvalue weighted by Gasteiger charge is -2.35. The summed E-state index contributed by atoms with van der Waals surface area (Å²) in [5.41, 5.74) is 15.8. The molecule has 200 valence electrons. The molecule has 3 aliphatic rings. The van der Waals surface area contributed by atoms with Gasteiger partial charge in [-0.15, -0.1) is 0 Å². The number of allylic oxidation sites excluding steroid dienone is 5. The molecule has 1 saturated carbocycles. The van der Waals surface area contributed by atoms with E-state index in [0.29, 0.717) is 17.8 Å². The summed E-state index contributed by atoms with van der Waals surface area (Å²) in [6.45, 7) is 23.1. The van der Waals surface area contributed by atoms with Crippen LogP contribution in [0.2, 0.25) is 0 Å². The third kappa shape index (κ3) is 5.16. The summed E-state index contributed by atoms with van der Waals surface area (Å²) in [4.78, 5) is 0. The Labute approximate surface area is 232 Å². The first-order valence-electron chi connectivity index (χ1n) is 15.1. The Hall–Kier alpha value is -2.60. The van der Waals surface area contributed by atoms with Gasteiger partial charge in [0.25, 0.3) is 0 Å². The lowest BCUT2D eigenvalue weighted by atomic mass is 9.70. The van der Waals surface area contributed by atoms with E-state index in [1.54, 1.807) is 5.56 Å². The van der Waals surface area contributed by atoms with Gasteiger partial charge in [0, 0.05) is 11.8 Å². The zero-order valence-corrected chi connectivity index (χ0v) is 24.8. The number of rotatable bonds is 6. The Morgan fingerprint density at radius 2 is 1.71 bits per heavy atom. The second kappa shape index (κ2) is 10.9. The fourth-order valence-electron chi connectivity index (χ4n) is 7.64. The van der Waals surface area contributed by atoms with Crippen LogP contribution in [0.5, 0.6) is 0 Å². The molecular formula is C38H48. The molecule has 4 atom stereocenters. The zero-order valence-electron chi connectivity index (χ0n) is 24.8. The zero-order chi connectivity index (χ0) is 27.1. The maximum absolute atomic E-state index is 4.60. The molecule has 1 fully saturated rings. The van der Waals surface area contributed by atoms with Gasteiger partial charge < -0.3 is 0 Å². The van der Waals surface area contributed by atoms with Crippen molar-refractivity contribution in [2.24, 2.45) is 29.6 Å². The fourth-order valence-corrected chi connectivity index (χ4v) is 7.64. The van der Waals surface area contributed by atoms with E-state index in [0.717, 1.165) is 24.7 Å². The molecule has 0 nitrogen and oxygen atoms in total. The van der Waals surface area contributed by atoms with Gasteiger partial charge in [0.15, 0.2) is 0 Å². The summed E-state index contributed by atoms with van der Waals surface area (Å²) in [6, 6.07) is 11.9. The fraction of sp³-hybridized carbons (Fsp3) is 0.474. The predicted molar refractivity (Wildman–Crippen MR) is 166 cm³/mol. The summed E-state index contributed by atoms with van der Waals surface area (Å²) in [7, 11) is 0. The van der Waals surface area contributed by atoms with Crippen LogP contribution in [0.3, 0.4) is 0 Å². The first kappa shape index (κ1) is 27.0. The highest BCUT2D eigenvalue weighted by molar-refractivity contribution is 5.80. The molecule has 0 radical (unpaired) electrons. The van der Waals surface area contributed by atoms with Crippen LogP contribution in [0, 0.1) is 43.4 Å². The van der Waals surface area contributed by atoms with Crippen LogP contribution < -0.4 is 0 Å². The Morgan fingerprint density at radius 1 is 0.947 bits per heavy atom. The Kier molecular flexibility index (Phi) is 7.72. The van der Waals surface area contributed by atoms with Crippen molar-refractivity contribution in [1.29, 1.82) is 0 Å². The summed E-state index contributed by atoms with van der Waals surface area (Å²) >= 11 is 0. The van der Waals surface area contributed by atoms with Crippen LogP contribution in [-0.4, -0.2) is 0 Å². The number of hydrogen-bond donors (Lipinski definition) is 0. The van der Waals surface area contributed by atoms with E-state index in [9.17, 15) is 0 Å². The third-order valence-electron chi connectivity index (χ3n) is 10.1. The van der Waals surface area contributed by atoms with Crippen molar-refractivity contribution >= 4 is 6.08 Å². The molecule has 0 heterocycles. The molecule has 0 aromatic heterocycles. The average Bonchev–Trinajstić information content (AvgIpc) is 3.29. The van der Waals surface area contributed by atoms with Gasteiger partial charge in [-0.1, -0.05) is 118 Å². The predicted octanol–water partition coefficient (Wildman–Crippen LogP) is 10.6. The molecular weight excluding hydrogens is 456 g/mol. The number of aryl methyl sites for hydroxylation is 2. The molecule has 0 N–H and O–H groups in total. The van der Waals surface area contributed by atoms with E-state index >= 15 is 0 Å². The maximum Gasteiger partial charge on any atom is 0.00855 e. The second-order valence-corrected chi connectivity index (χ2v) is 13.2. The SMILES string of the molecule is C=C1C(C)=CC(C(C)C)C(=C)C1CC1=Cc2cccc(-c3cc(C)cc(C)c3CC3CCCC[C@@H]3C)c2C1. The third-order valence-corrected chi connectivity index (χ3v) is 10.1. The molecule has 2 aromatic carbocycles. The first-order chi connectivity index (χ1) is 18.1. The quantitative estimate of drug-likeness (QED) is 0.343. The number of fused-ring (bicyclic) bond motifs is 1. The van der Waals surface area contributed by atoms with Crippen LogP contribution in [0.25, 0.3) is 17.2 Å². The van der Waals surface area contributed by atoms with Gasteiger partial charge in [-0.25, -0.2) is 0 Å². The molecule has 0 spiro atoms. The van der Waals surface area contributed by atoms with Gasteiger partial charge >= 0.3 is 0 Å². The Morgan fingerprint density at radius 3 is 2.45 bits per heavy atom. The molecule has 0 aliphatic heterocycles. The van der Waals surface area contributed by atoms with Gasteiger partial charge in [0.05, 0.1) is 0 Å². The normalized spacial score (nSPS) is 25.4. The summed E-state index contributed by atoms with van der Waals surface area (Å²) in [5.74, 6) is 3.01. The van der Waals surface area contributed by atoms with Gasteiger partial charge in [-0.05, 0) is 103 Å². The average molecular weight is 505 g/mol. The molecule has 5 rings (SSSR count). The Bertz CT molecular complexity index is 1310. The molecule has 0 saturated heterocycles. The van der Waals surface area contributed by atoms with E-state index in [2.05, 4.69) is 97.2 Å². The molecule has 0 amide bonds. The van der Waals surface area contributed by atoms with E-state index in [1.807, 2.05) is 0 Å². The minimum absolute atomic E-state index is 0.348. The summed E-state index contributed by atoms with van der Waals surface area (Å²) < 4.78 is 0. The summed E-state index contributed by atoms with van der Waals surface area (Å²) in [5, 5.41) is 0. The number of benzene rings is 2. The minimum atomic E-state index is 0.348. The van der Waals surface area contributed by atoms with E-state index in [1.165, 1.54) is 87.8 Å². The van der Waals surface area contributed by atoms with Crippen molar-refractivity contribution in [3.8, 4) is 11.1 Å². The van der Waals surface area contributed by atoms with Crippen molar-refractivity contribution in [2.75, 3.05) is 0 Å². The lowest BCUT2D eigenvalue weighted by molar-refractivity contribution is 0.254. The topological polar surface area (TPSA) is 0 Å². The smallest absolute Gasteiger partial charge is 0.00855 e. The van der Waals surface area contributed by atoms with E-state index in [-0.39, 0.29) is 0 Å². The van der Waals surface area contributed by atoms with Crippen molar-refractivity contribution in [3.63, 3.8) is 0 Å². The molecule has 2 aromatic rings. The van der Waals surface area contributed by atoms with Crippen LogP contribution in [-0.2, 0) is 12.8 Å². The molecule has 3 aliphatic carbocycles. The highest BCUT2D eigenvalue weighted by atomic mass is 14.4. The number of hydrogen-bond acceptors (Lipinski definition) is 0. The van der Waals surface area contributed by atoms with Crippen molar-refractivity contribution in [2.45, 2.75) is 86.5 Å². The van der Waals surface area contributed by atoms with Crippen LogP contribution >= 0.6 is 0 Å². The van der Waals surface area contributed by atoms with Crippen LogP contribution in [0.15, 0.2) is 71.9 Å². The Balaban J connectivity index is 1.45. The van der Waals surface area contributed by atoms with E-state index < -0.39 is 0 Å². The van der Waals surface area contributed by atoms with Gasteiger partial charge in [-0.2, -0.15) is 0 Å².